The van der Waals surface area contributed by atoms with E-state index in [9.17, 15) is 9.59 Å². The minimum Gasteiger partial charge on any atom is -0.455 e. The lowest BCUT2D eigenvalue weighted by atomic mass is 10.3. The third kappa shape index (κ3) is 3.01. The summed E-state index contributed by atoms with van der Waals surface area (Å²) in [5.74, 6) is 0.876. The minimum atomic E-state index is -0.432. The van der Waals surface area contributed by atoms with Crippen molar-refractivity contribution < 1.29 is 9.21 Å². The van der Waals surface area contributed by atoms with Crippen molar-refractivity contribution >= 4 is 17.6 Å². The third-order valence-electron chi connectivity index (χ3n) is 4.66. The number of carbonyl (C=O) groups excluding carboxylic acids is 1. The highest BCUT2D eigenvalue weighted by molar-refractivity contribution is 6.01. The van der Waals surface area contributed by atoms with Crippen molar-refractivity contribution in [3.8, 4) is 0 Å². The van der Waals surface area contributed by atoms with Gasteiger partial charge in [0.25, 0.3) is 17.2 Å². The van der Waals surface area contributed by atoms with Gasteiger partial charge in [-0.1, -0.05) is 0 Å². The number of aromatic nitrogens is 4. The first-order valence-electron chi connectivity index (χ1n) is 8.59. The summed E-state index contributed by atoms with van der Waals surface area (Å²) in [6.07, 6.45) is 2.40. The number of likely N-dealkylation sites (tertiary alicyclic amines) is 1. The summed E-state index contributed by atoms with van der Waals surface area (Å²) < 4.78 is 6.84. The first-order chi connectivity index (χ1) is 12.5. The molecule has 0 radical (unpaired) electrons. The van der Waals surface area contributed by atoms with Crippen LogP contribution in [-0.4, -0.2) is 43.5 Å². The summed E-state index contributed by atoms with van der Waals surface area (Å²) in [4.78, 5) is 35.3. The first kappa shape index (κ1) is 16.5. The Bertz CT molecular complexity index is 1020. The molecule has 1 aliphatic rings. The van der Waals surface area contributed by atoms with Crippen molar-refractivity contribution in [2.75, 3.05) is 18.4 Å². The van der Waals surface area contributed by atoms with Crippen LogP contribution in [0, 0.1) is 13.8 Å². The lowest BCUT2D eigenvalue weighted by molar-refractivity contribution is 0.0992. The highest BCUT2D eigenvalue weighted by atomic mass is 16.4. The zero-order chi connectivity index (χ0) is 18.3. The topological polar surface area (TPSA) is 109 Å². The van der Waals surface area contributed by atoms with E-state index in [2.05, 4.69) is 25.3 Å². The molecule has 136 valence electrons. The Labute approximate surface area is 149 Å². The molecule has 9 heteroatoms. The van der Waals surface area contributed by atoms with E-state index in [1.54, 1.807) is 19.9 Å². The molecular weight excluding hydrogens is 336 g/mol. The number of furan rings is 1. The van der Waals surface area contributed by atoms with Crippen LogP contribution in [0.1, 0.15) is 40.4 Å². The molecule has 0 bridgehead atoms. The van der Waals surface area contributed by atoms with E-state index in [0.29, 0.717) is 17.8 Å². The molecule has 0 atom stereocenters. The van der Waals surface area contributed by atoms with Crippen LogP contribution in [0.15, 0.2) is 21.3 Å². The number of aryl methyl sites for hydroxylation is 1. The largest absolute Gasteiger partial charge is 0.455 e. The molecule has 0 saturated carbocycles. The number of nitrogens with zero attached hydrogens (tertiary/aromatic N) is 4. The van der Waals surface area contributed by atoms with Gasteiger partial charge >= 0.3 is 0 Å². The molecule has 9 nitrogen and oxygen atoms in total. The van der Waals surface area contributed by atoms with Crippen molar-refractivity contribution in [3.63, 3.8) is 0 Å². The normalized spacial score (nSPS) is 15.0. The Morgan fingerprint density at radius 1 is 1.27 bits per heavy atom. The summed E-state index contributed by atoms with van der Waals surface area (Å²) in [5, 5.41) is 5.35. The highest BCUT2D eigenvalue weighted by Crippen LogP contribution is 2.16. The number of fused-ring (bicyclic) bond motifs is 1. The second-order valence-corrected chi connectivity index (χ2v) is 6.54. The molecule has 4 rings (SSSR count). The van der Waals surface area contributed by atoms with Gasteiger partial charge in [-0.2, -0.15) is 9.50 Å². The van der Waals surface area contributed by atoms with Gasteiger partial charge in [0.2, 0.25) is 5.95 Å². The van der Waals surface area contributed by atoms with Gasteiger partial charge in [-0.25, -0.2) is 4.98 Å². The predicted molar refractivity (Wildman–Crippen MR) is 94.3 cm³/mol. The van der Waals surface area contributed by atoms with E-state index < -0.39 is 5.91 Å². The molecule has 1 aliphatic heterocycles. The lowest BCUT2D eigenvalue weighted by Gasteiger charge is -2.11. The quantitative estimate of drug-likeness (QED) is 0.733. The van der Waals surface area contributed by atoms with E-state index >= 15 is 0 Å². The first-order valence-corrected chi connectivity index (χ1v) is 8.59. The smallest absolute Gasteiger partial charge is 0.293 e. The monoisotopic (exact) mass is 356 g/mol. The summed E-state index contributed by atoms with van der Waals surface area (Å²) in [6, 6.07) is 3.45. The standard InChI is InChI=1S/C17H20N6O3/c1-10-11(2)18-17-20-16(21-23(17)15(10)25)19-14(24)13-6-5-12(26-13)9-22-7-3-4-8-22/h5-6H,3-4,7-9H2,1-2H3,(H2,18,19,20,21,24). The SMILES string of the molecule is Cc1nc2nc(NC(=O)c3ccc(CN4CCCC4)o3)[nH]n2c(=O)c1C. The molecule has 0 spiro atoms. The number of aromatic amines is 1. The summed E-state index contributed by atoms with van der Waals surface area (Å²) in [7, 11) is 0. The number of amides is 1. The number of nitrogens with one attached hydrogen (secondary N) is 2. The van der Waals surface area contributed by atoms with Crippen molar-refractivity contribution in [2.45, 2.75) is 33.2 Å². The van der Waals surface area contributed by atoms with Crippen LogP contribution >= 0.6 is 0 Å². The Morgan fingerprint density at radius 2 is 2.04 bits per heavy atom. The van der Waals surface area contributed by atoms with Crippen LogP contribution < -0.4 is 10.9 Å². The molecule has 2 N–H and O–H groups in total. The van der Waals surface area contributed by atoms with Crippen molar-refractivity contribution in [3.05, 3.63) is 45.3 Å². The molecule has 4 heterocycles. The Hall–Kier alpha value is -2.94. The van der Waals surface area contributed by atoms with Gasteiger partial charge in [-0.3, -0.25) is 24.9 Å². The Kier molecular flexibility index (Phi) is 4.08. The fourth-order valence-corrected chi connectivity index (χ4v) is 3.07. The van der Waals surface area contributed by atoms with Gasteiger partial charge in [0.1, 0.15) is 5.76 Å². The van der Waals surface area contributed by atoms with Gasteiger partial charge in [0.05, 0.1) is 6.54 Å². The van der Waals surface area contributed by atoms with Gasteiger partial charge in [0.15, 0.2) is 5.76 Å². The van der Waals surface area contributed by atoms with Crippen LogP contribution in [0.4, 0.5) is 5.95 Å². The molecule has 3 aromatic rings. The molecule has 1 fully saturated rings. The van der Waals surface area contributed by atoms with Crippen molar-refractivity contribution in [2.24, 2.45) is 0 Å². The van der Waals surface area contributed by atoms with E-state index in [1.807, 2.05) is 6.07 Å². The number of carbonyl (C=O) groups is 1. The average Bonchev–Trinajstić information content (AvgIpc) is 3.34. The lowest BCUT2D eigenvalue weighted by Crippen LogP contribution is -2.19. The maximum absolute atomic E-state index is 12.4. The van der Waals surface area contributed by atoms with Gasteiger partial charge in [0, 0.05) is 11.3 Å². The highest BCUT2D eigenvalue weighted by Gasteiger charge is 2.18. The molecule has 0 aromatic carbocycles. The fraction of sp³-hybridized carbons (Fsp3) is 0.412. The second-order valence-electron chi connectivity index (χ2n) is 6.54. The van der Waals surface area contributed by atoms with E-state index in [-0.39, 0.29) is 23.0 Å². The van der Waals surface area contributed by atoms with E-state index in [1.165, 1.54) is 17.4 Å². The summed E-state index contributed by atoms with van der Waals surface area (Å²) in [6.45, 7) is 6.26. The van der Waals surface area contributed by atoms with E-state index in [0.717, 1.165) is 18.8 Å². The number of H-pyrrole nitrogens is 1. The summed E-state index contributed by atoms with van der Waals surface area (Å²) >= 11 is 0. The number of hydrogen-bond donors (Lipinski definition) is 2. The molecule has 1 amide bonds. The van der Waals surface area contributed by atoms with Gasteiger partial charge in [-0.15, -0.1) is 0 Å². The van der Waals surface area contributed by atoms with Crippen LogP contribution in [0.25, 0.3) is 5.78 Å². The Morgan fingerprint density at radius 3 is 2.81 bits per heavy atom. The van der Waals surface area contributed by atoms with Crippen molar-refractivity contribution in [1.29, 1.82) is 0 Å². The zero-order valence-electron chi connectivity index (χ0n) is 14.7. The molecule has 1 saturated heterocycles. The van der Waals surface area contributed by atoms with Crippen LogP contribution in [0.5, 0.6) is 0 Å². The second kappa shape index (κ2) is 6.41. The maximum Gasteiger partial charge on any atom is 0.293 e. The number of hydrogen-bond acceptors (Lipinski definition) is 6. The molecule has 0 aliphatic carbocycles. The summed E-state index contributed by atoms with van der Waals surface area (Å²) in [5.41, 5.74) is 0.893. The molecular formula is C17H20N6O3. The predicted octanol–water partition coefficient (Wildman–Crippen LogP) is 1.48. The molecule has 0 unspecified atom stereocenters. The average molecular weight is 356 g/mol. The number of rotatable bonds is 4. The molecule has 26 heavy (non-hydrogen) atoms. The Balaban J connectivity index is 1.51. The van der Waals surface area contributed by atoms with Gasteiger partial charge in [-0.05, 0) is 51.9 Å². The van der Waals surface area contributed by atoms with E-state index in [4.69, 9.17) is 4.42 Å². The maximum atomic E-state index is 12.4. The fourth-order valence-electron chi connectivity index (χ4n) is 3.07. The van der Waals surface area contributed by atoms with Crippen LogP contribution in [0.3, 0.4) is 0 Å². The molecule has 3 aromatic heterocycles. The van der Waals surface area contributed by atoms with Crippen molar-refractivity contribution in [1.82, 2.24) is 24.5 Å². The zero-order valence-corrected chi connectivity index (χ0v) is 14.7. The van der Waals surface area contributed by atoms with Crippen LogP contribution in [-0.2, 0) is 6.54 Å². The van der Waals surface area contributed by atoms with Gasteiger partial charge < -0.3 is 4.42 Å². The third-order valence-corrected chi connectivity index (χ3v) is 4.66. The number of anilines is 1. The van der Waals surface area contributed by atoms with Crippen LogP contribution in [0.2, 0.25) is 0 Å². The minimum absolute atomic E-state index is 0.141.